The summed E-state index contributed by atoms with van der Waals surface area (Å²) in [4.78, 5) is 0. The Morgan fingerprint density at radius 3 is 2.57 bits per heavy atom. The second-order valence-corrected chi connectivity index (χ2v) is 5.02. The van der Waals surface area contributed by atoms with Gasteiger partial charge in [-0.25, -0.2) is 0 Å². The van der Waals surface area contributed by atoms with Gasteiger partial charge < -0.3 is 14.0 Å². The van der Waals surface area contributed by atoms with Crippen LogP contribution in [0.25, 0.3) is 0 Å². The van der Waals surface area contributed by atoms with Crippen LogP contribution >= 0.6 is 8.81 Å². The second kappa shape index (κ2) is 6.02. The van der Waals surface area contributed by atoms with Crippen LogP contribution in [0.5, 0.6) is 0 Å². The third-order valence-electron chi connectivity index (χ3n) is 3.08. The van der Waals surface area contributed by atoms with Crippen molar-refractivity contribution in [2.75, 3.05) is 27.0 Å². The minimum atomic E-state index is 0.257. The molecule has 0 aliphatic carbocycles. The predicted octanol–water partition coefficient (Wildman–Crippen LogP) is 1.91. The summed E-state index contributed by atoms with van der Waals surface area (Å²) >= 11 is 0. The summed E-state index contributed by atoms with van der Waals surface area (Å²) < 4.78 is 16.2. The molecule has 3 nitrogen and oxygen atoms in total. The average molecular weight is 220 g/mol. The van der Waals surface area contributed by atoms with Crippen LogP contribution in [-0.2, 0) is 14.0 Å². The lowest BCUT2D eigenvalue weighted by Crippen LogP contribution is -2.25. The maximum absolute atomic E-state index is 5.85. The molecule has 1 heterocycles. The van der Waals surface area contributed by atoms with Crippen LogP contribution in [0, 0.1) is 11.8 Å². The van der Waals surface area contributed by atoms with Gasteiger partial charge in [-0.15, -0.1) is 0 Å². The first-order chi connectivity index (χ1) is 6.70. The number of hydrogen-bond donors (Lipinski definition) is 0. The fraction of sp³-hybridized carbons (Fsp3) is 1.00. The molecule has 4 heteroatoms. The van der Waals surface area contributed by atoms with Gasteiger partial charge in [-0.1, -0.05) is 6.92 Å². The topological polar surface area (TPSA) is 27.7 Å². The lowest BCUT2D eigenvalue weighted by atomic mass is 9.91. The molecule has 0 spiro atoms. The van der Waals surface area contributed by atoms with Crippen molar-refractivity contribution in [1.29, 1.82) is 0 Å². The zero-order chi connectivity index (χ0) is 10.6. The van der Waals surface area contributed by atoms with E-state index in [1.807, 2.05) is 0 Å². The lowest BCUT2D eigenvalue weighted by molar-refractivity contribution is -0.00652. The molecule has 0 bridgehead atoms. The summed E-state index contributed by atoms with van der Waals surface area (Å²) in [7, 11) is 4.07. The molecule has 1 aliphatic heterocycles. The van der Waals surface area contributed by atoms with Crippen molar-refractivity contribution < 1.29 is 14.0 Å². The fourth-order valence-corrected chi connectivity index (χ4v) is 3.01. The van der Waals surface area contributed by atoms with Gasteiger partial charge >= 0.3 is 0 Å². The smallest absolute Gasteiger partial charge is 0.0847 e. The van der Waals surface area contributed by atoms with Crippen molar-refractivity contribution in [2.24, 2.45) is 11.8 Å². The van der Waals surface area contributed by atoms with Gasteiger partial charge in [0.25, 0.3) is 0 Å². The summed E-state index contributed by atoms with van der Waals surface area (Å²) in [5.74, 6) is 1.20. The van der Waals surface area contributed by atoms with Gasteiger partial charge in [0.1, 0.15) is 0 Å². The van der Waals surface area contributed by atoms with Crippen molar-refractivity contribution in [3.8, 4) is 0 Å². The Morgan fingerprint density at radius 1 is 1.29 bits per heavy atom. The van der Waals surface area contributed by atoms with E-state index in [0.717, 1.165) is 6.16 Å². The Labute approximate surface area is 88.4 Å². The molecule has 0 amide bonds. The standard InChI is InChI=1S/C10H21O3P/c1-7-8(2)13-10(5-11-3)9(7)6-14-12-4/h7-10,14H,5-6H2,1-4H3. The van der Waals surface area contributed by atoms with Gasteiger partial charge in [-0.05, 0) is 24.9 Å². The van der Waals surface area contributed by atoms with Gasteiger partial charge in [-0.2, -0.15) is 0 Å². The summed E-state index contributed by atoms with van der Waals surface area (Å²) in [5.41, 5.74) is 0. The zero-order valence-corrected chi connectivity index (χ0v) is 10.4. The number of hydrogen-bond acceptors (Lipinski definition) is 3. The highest BCUT2D eigenvalue weighted by molar-refractivity contribution is 7.32. The molecule has 0 aromatic carbocycles. The van der Waals surface area contributed by atoms with E-state index in [0.29, 0.717) is 33.4 Å². The molecule has 0 saturated carbocycles. The maximum Gasteiger partial charge on any atom is 0.0847 e. The van der Waals surface area contributed by atoms with Crippen molar-refractivity contribution in [3.05, 3.63) is 0 Å². The molecule has 84 valence electrons. The summed E-state index contributed by atoms with van der Waals surface area (Å²) in [5, 5.41) is 0. The van der Waals surface area contributed by atoms with E-state index in [1.54, 1.807) is 14.2 Å². The highest BCUT2D eigenvalue weighted by Gasteiger charge is 2.38. The molecule has 5 unspecified atom stereocenters. The first kappa shape index (κ1) is 12.4. The van der Waals surface area contributed by atoms with E-state index in [1.165, 1.54) is 0 Å². The molecule has 0 aromatic heterocycles. The van der Waals surface area contributed by atoms with Crippen LogP contribution < -0.4 is 0 Å². The molecule has 14 heavy (non-hydrogen) atoms. The van der Waals surface area contributed by atoms with Crippen LogP contribution in [0.15, 0.2) is 0 Å². The monoisotopic (exact) mass is 220 g/mol. The van der Waals surface area contributed by atoms with Crippen LogP contribution in [0.1, 0.15) is 13.8 Å². The van der Waals surface area contributed by atoms with Crippen molar-refractivity contribution in [3.63, 3.8) is 0 Å². The third-order valence-corrected chi connectivity index (χ3v) is 4.00. The molecule has 0 N–H and O–H groups in total. The number of methoxy groups -OCH3 is 1. The summed E-state index contributed by atoms with van der Waals surface area (Å²) in [6, 6.07) is 0. The van der Waals surface area contributed by atoms with Gasteiger partial charge in [0.05, 0.1) is 18.8 Å². The van der Waals surface area contributed by atoms with Gasteiger partial charge in [0, 0.05) is 23.0 Å². The van der Waals surface area contributed by atoms with Gasteiger partial charge in [0.2, 0.25) is 0 Å². The average Bonchev–Trinajstić information content (AvgIpc) is 2.42. The van der Waals surface area contributed by atoms with Gasteiger partial charge in [0.15, 0.2) is 0 Å². The van der Waals surface area contributed by atoms with E-state index in [9.17, 15) is 0 Å². The zero-order valence-electron chi connectivity index (χ0n) is 9.45. The summed E-state index contributed by atoms with van der Waals surface area (Å²) in [6.07, 6.45) is 1.70. The first-order valence-electron chi connectivity index (χ1n) is 5.11. The number of rotatable bonds is 5. The van der Waals surface area contributed by atoms with Crippen molar-refractivity contribution >= 4 is 8.81 Å². The lowest BCUT2D eigenvalue weighted by Gasteiger charge is -2.19. The fourth-order valence-electron chi connectivity index (χ4n) is 2.01. The van der Waals surface area contributed by atoms with Crippen LogP contribution in [0.2, 0.25) is 0 Å². The van der Waals surface area contributed by atoms with Crippen LogP contribution in [0.3, 0.4) is 0 Å². The maximum atomic E-state index is 5.85. The third kappa shape index (κ3) is 2.90. The van der Waals surface area contributed by atoms with Crippen molar-refractivity contribution in [1.82, 2.24) is 0 Å². The second-order valence-electron chi connectivity index (χ2n) is 3.91. The Kier molecular flexibility index (Phi) is 5.32. The largest absolute Gasteiger partial charge is 0.382 e. The van der Waals surface area contributed by atoms with E-state index in [-0.39, 0.29) is 6.10 Å². The molecular weight excluding hydrogens is 199 g/mol. The Bertz CT molecular complexity index is 165. The highest BCUT2D eigenvalue weighted by atomic mass is 31.1. The minimum absolute atomic E-state index is 0.257. The van der Waals surface area contributed by atoms with Crippen LogP contribution in [-0.4, -0.2) is 39.2 Å². The Morgan fingerprint density at radius 2 is 2.00 bits per heavy atom. The molecule has 1 saturated heterocycles. The molecule has 1 rings (SSSR count). The normalized spacial score (nSPS) is 38.6. The predicted molar refractivity (Wildman–Crippen MR) is 59.1 cm³/mol. The SMILES string of the molecule is COCC1OC(C)C(C)C1CPOC. The molecule has 0 aromatic rings. The van der Waals surface area contributed by atoms with Gasteiger partial charge in [-0.3, -0.25) is 0 Å². The minimum Gasteiger partial charge on any atom is -0.382 e. The molecule has 0 radical (unpaired) electrons. The molecule has 1 aliphatic rings. The molecular formula is C10H21O3P. The number of ether oxygens (including phenoxy) is 2. The highest BCUT2D eigenvalue weighted by Crippen LogP contribution is 2.36. The molecule has 1 fully saturated rings. The first-order valence-corrected chi connectivity index (χ1v) is 6.22. The quantitative estimate of drug-likeness (QED) is 0.662. The van der Waals surface area contributed by atoms with Crippen molar-refractivity contribution in [2.45, 2.75) is 26.1 Å². The van der Waals surface area contributed by atoms with E-state index >= 15 is 0 Å². The molecule has 5 atom stereocenters. The van der Waals surface area contributed by atoms with E-state index in [2.05, 4.69) is 13.8 Å². The van der Waals surface area contributed by atoms with E-state index in [4.69, 9.17) is 14.0 Å². The Balaban J connectivity index is 2.47. The van der Waals surface area contributed by atoms with E-state index < -0.39 is 0 Å². The Hall–Kier alpha value is 0.310. The summed E-state index contributed by atoms with van der Waals surface area (Å²) in [6.45, 7) is 5.10. The van der Waals surface area contributed by atoms with Crippen LogP contribution in [0.4, 0.5) is 0 Å².